The molecule has 0 spiro atoms. The Balaban J connectivity index is 0.00000147. The van der Waals surface area contributed by atoms with Crippen molar-refractivity contribution in [3.63, 3.8) is 0 Å². The van der Waals surface area contributed by atoms with Crippen molar-refractivity contribution in [2.45, 2.75) is 6.42 Å². The first-order valence-corrected chi connectivity index (χ1v) is 6.11. The van der Waals surface area contributed by atoms with E-state index in [1.54, 1.807) is 21.3 Å². The number of hydrogen-bond acceptors (Lipinski definition) is 3. The monoisotopic (exact) mass is 415 g/mol. The van der Waals surface area contributed by atoms with Gasteiger partial charge in [-0.25, -0.2) is 0 Å². The van der Waals surface area contributed by atoms with Crippen LogP contribution in [0.1, 0.15) is 11.1 Å². The van der Waals surface area contributed by atoms with Crippen molar-refractivity contribution in [2.75, 3.05) is 21.3 Å². The smallest absolute Gasteiger partial charge is 1.00 e. The zero-order valence-electron chi connectivity index (χ0n) is 12.5. The van der Waals surface area contributed by atoms with Crippen LogP contribution < -0.4 is 39.0 Å². The van der Waals surface area contributed by atoms with Crippen molar-refractivity contribution in [1.82, 2.24) is 0 Å². The predicted octanol–water partition coefficient (Wildman–Crippen LogP) is -2.91. The van der Waals surface area contributed by atoms with Crippen LogP contribution in [0.15, 0.2) is 24.3 Å². The second kappa shape index (κ2) is 8.81. The second-order valence-electron chi connectivity index (χ2n) is 4.44. The molecular weight excluding hydrogens is 402 g/mol. The van der Waals surface area contributed by atoms with E-state index >= 15 is 0 Å². The van der Waals surface area contributed by atoms with Crippen LogP contribution in [0.5, 0.6) is 17.2 Å². The summed E-state index contributed by atoms with van der Waals surface area (Å²) in [4.78, 5) is 0. The van der Waals surface area contributed by atoms with E-state index in [0.717, 1.165) is 29.0 Å². The first-order valence-electron chi connectivity index (χ1n) is 6.11. The molecule has 0 bridgehead atoms. The minimum absolute atomic E-state index is 0. The standard InChI is InChI=1S/C16H15O3.2ClH.Zr/c1-17-12-5-6-13-11(9-12)8-10-4-7-14(18-2)16(19-3)15(10)13;;;/h5-7,9H,8H2,1-3H3;2*1H;/q-1;;;+3/p-2. The fourth-order valence-electron chi connectivity index (χ4n) is 2.61. The molecule has 1 aliphatic carbocycles. The average molecular weight is 417 g/mol. The molecule has 0 N–H and O–H groups in total. The molecule has 2 aromatic carbocycles. The van der Waals surface area contributed by atoms with E-state index in [-0.39, 0.29) is 51.0 Å². The third kappa shape index (κ3) is 3.45. The number of hydrogen-bond donors (Lipinski definition) is 0. The van der Waals surface area contributed by atoms with Crippen molar-refractivity contribution in [3.05, 3.63) is 41.5 Å². The molecule has 0 saturated heterocycles. The van der Waals surface area contributed by atoms with Crippen LogP contribution >= 0.6 is 0 Å². The molecule has 0 aromatic heterocycles. The fraction of sp³-hybridized carbons (Fsp3) is 0.250. The summed E-state index contributed by atoms with van der Waals surface area (Å²) in [6.07, 6.45) is 0.849. The molecule has 0 atom stereocenters. The van der Waals surface area contributed by atoms with E-state index in [1.807, 2.05) is 12.1 Å². The Kier molecular flexibility index (Phi) is 8.53. The molecule has 3 nitrogen and oxygen atoms in total. The van der Waals surface area contributed by atoms with Crippen molar-refractivity contribution in [3.8, 4) is 28.4 Å². The summed E-state index contributed by atoms with van der Waals surface area (Å²) in [7, 11) is 4.99. The molecule has 0 fully saturated rings. The maximum Gasteiger partial charge on any atom is 3.00 e. The minimum atomic E-state index is 0. The van der Waals surface area contributed by atoms with Gasteiger partial charge in [-0.15, -0.1) is 11.6 Å². The fourth-order valence-corrected chi connectivity index (χ4v) is 2.61. The van der Waals surface area contributed by atoms with E-state index < -0.39 is 0 Å². The van der Waals surface area contributed by atoms with Crippen molar-refractivity contribution < 1.29 is 65.2 Å². The van der Waals surface area contributed by atoms with Gasteiger partial charge in [-0.3, -0.25) is 0 Å². The van der Waals surface area contributed by atoms with Gasteiger partial charge < -0.3 is 39.0 Å². The van der Waals surface area contributed by atoms with E-state index in [0.29, 0.717) is 5.75 Å². The molecule has 115 valence electrons. The van der Waals surface area contributed by atoms with Crippen molar-refractivity contribution in [1.29, 1.82) is 0 Å². The Hall–Kier alpha value is -0.697. The van der Waals surface area contributed by atoms with E-state index in [9.17, 15) is 0 Å². The van der Waals surface area contributed by atoms with Crippen LogP contribution in [-0.2, 0) is 32.6 Å². The van der Waals surface area contributed by atoms with Gasteiger partial charge in [-0.2, -0.15) is 6.07 Å². The summed E-state index contributed by atoms with van der Waals surface area (Å²) >= 11 is 0. The summed E-state index contributed by atoms with van der Waals surface area (Å²) in [6.45, 7) is 0. The van der Waals surface area contributed by atoms with Crippen LogP contribution in [0.4, 0.5) is 0 Å². The van der Waals surface area contributed by atoms with Gasteiger partial charge in [0.2, 0.25) is 0 Å². The summed E-state index contributed by atoms with van der Waals surface area (Å²) in [5, 5.41) is 0. The van der Waals surface area contributed by atoms with Crippen molar-refractivity contribution in [2.24, 2.45) is 0 Å². The van der Waals surface area contributed by atoms with E-state index in [4.69, 9.17) is 14.2 Å². The Morgan fingerprint density at radius 1 is 1.00 bits per heavy atom. The molecule has 6 heteroatoms. The average Bonchev–Trinajstić information content (AvgIpc) is 2.83. The minimum Gasteiger partial charge on any atom is -1.00 e. The quantitative estimate of drug-likeness (QED) is 0.428. The summed E-state index contributed by atoms with van der Waals surface area (Å²) < 4.78 is 16.1. The molecule has 0 heterocycles. The first kappa shape index (κ1) is 21.3. The number of fused-ring (bicyclic) bond motifs is 3. The Morgan fingerprint density at radius 2 is 1.73 bits per heavy atom. The number of halogens is 2. The second-order valence-corrected chi connectivity index (χ2v) is 4.44. The number of rotatable bonds is 3. The molecule has 22 heavy (non-hydrogen) atoms. The molecular formula is C16H15Cl2O3Zr. The van der Waals surface area contributed by atoms with Gasteiger partial charge in [0.1, 0.15) is 5.75 Å². The van der Waals surface area contributed by atoms with Crippen LogP contribution in [-0.4, -0.2) is 21.3 Å². The molecule has 0 saturated carbocycles. The van der Waals surface area contributed by atoms with Crippen LogP contribution in [0, 0.1) is 6.07 Å². The van der Waals surface area contributed by atoms with Crippen LogP contribution in [0.3, 0.4) is 0 Å². The first-order chi connectivity index (χ1) is 9.28. The zero-order valence-corrected chi connectivity index (χ0v) is 16.5. The Bertz CT molecular complexity index is 648. The summed E-state index contributed by atoms with van der Waals surface area (Å²) in [5.41, 5.74) is 4.63. The van der Waals surface area contributed by atoms with Gasteiger partial charge in [0.05, 0.1) is 27.1 Å². The number of methoxy groups -OCH3 is 3. The third-order valence-corrected chi connectivity index (χ3v) is 3.50. The van der Waals surface area contributed by atoms with Gasteiger partial charge in [0.25, 0.3) is 0 Å². The Labute approximate surface area is 162 Å². The molecule has 0 aliphatic heterocycles. The Morgan fingerprint density at radius 3 is 2.32 bits per heavy atom. The van der Waals surface area contributed by atoms with Gasteiger partial charge in [-0.05, 0) is 24.1 Å². The molecule has 3 rings (SSSR count). The van der Waals surface area contributed by atoms with Gasteiger partial charge >= 0.3 is 26.2 Å². The largest absolute Gasteiger partial charge is 3.00 e. The molecule has 2 aromatic rings. The maximum atomic E-state index is 5.52. The number of ether oxygens (including phenoxy) is 3. The van der Waals surface area contributed by atoms with E-state index in [2.05, 4.69) is 18.2 Å². The molecule has 0 amide bonds. The van der Waals surface area contributed by atoms with Crippen molar-refractivity contribution >= 4 is 0 Å². The summed E-state index contributed by atoms with van der Waals surface area (Å²) in [6, 6.07) is 11.2. The molecule has 0 unspecified atom stereocenters. The van der Waals surface area contributed by atoms with Gasteiger partial charge in [0.15, 0.2) is 0 Å². The molecule has 1 aliphatic rings. The third-order valence-electron chi connectivity index (χ3n) is 3.50. The van der Waals surface area contributed by atoms with Gasteiger partial charge in [-0.1, -0.05) is 17.2 Å². The topological polar surface area (TPSA) is 27.7 Å². The SMILES string of the molecule is COc1ccc2c(c1)Cc1[c-]cc(OC)c(OC)c1-2.[Cl-].[Cl-].[Zr+3]. The summed E-state index contributed by atoms with van der Waals surface area (Å²) in [5.74, 6) is 2.36. The maximum absolute atomic E-state index is 5.52. The van der Waals surface area contributed by atoms with Crippen LogP contribution in [0.2, 0.25) is 0 Å². The molecule has 1 radical (unpaired) electrons. The number of benzene rings is 2. The van der Waals surface area contributed by atoms with Crippen LogP contribution in [0.25, 0.3) is 11.1 Å². The normalized spacial score (nSPS) is 10.1. The zero-order chi connectivity index (χ0) is 13.4. The van der Waals surface area contributed by atoms with E-state index in [1.165, 1.54) is 11.1 Å². The predicted molar refractivity (Wildman–Crippen MR) is 73.2 cm³/mol. The van der Waals surface area contributed by atoms with Gasteiger partial charge in [0, 0.05) is 5.75 Å².